The van der Waals surface area contributed by atoms with Crippen molar-refractivity contribution in [2.45, 2.75) is 18.4 Å². The van der Waals surface area contributed by atoms with Gasteiger partial charge in [-0.15, -0.1) is 0 Å². The monoisotopic (exact) mass is 402 g/mol. The highest BCUT2D eigenvalue weighted by Crippen LogP contribution is 2.51. The molecular weight excluding hydrogens is 380 g/mol. The van der Waals surface area contributed by atoms with Gasteiger partial charge in [0.1, 0.15) is 11.6 Å². The number of methoxy groups -OCH3 is 1. The molecule has 2 N–H and O–H groups in total. The van der Waals surface area contributed by atoms with Gasteiger partial charge in [0.05, 0.1) is 18.4 Å². The van der Waals surface area contributed by atoms with Gasteiger partial charge < -0.3 is 20.1 Å². The maximum atomic E-state index is 13.7. The molecule has 0 bridgehead atoms. The van der Waals surface area contributed by atoms with Crippen LogP contribution in [0, 0.1) is 0 Å². The molecule has 0 spiro atoms. The fourth-order valence-corrected chi connectivity index (χ4v) is 4.60. The van der Waals surface area contributed by atoms with Crippen LogP contribution in [0.15, 0.2) is 71.7 Å². The third-order valence-electron chi connectivity index (χ3n) is 6.06. The highest BCUT2D eigenvalue weighted by atomic mass is 16.5. The fraction of sp³-hybridized carbons (Fsp3) is 0.250. The topological polar surface area (TPSA) is 78.9 Å². The zero-order chi connectivity index (χ0) is 20.9. The Kier molecular flexibility index (Phi) is 4.25. The highest BCUT2D eigenvalue weighted by molar-refractivity contribution is 6.15. The van der Waals surface area contributed by atoms with E-state index in [0.717, 1.165) is 12.8 Å². The van der Waals surface area contributed by atoms with Crippen LogP contribution in [0.4, 0.5) is 0 Å². The van der Waals surface area contributed by atoms with Gasteiger partial charge in [-0.3, -0.25) is 9.59 Å². The summed E-state index contributed by atoms with van der Waals surface area (Å²) in [5.41, 5.74) is 0.358. The molecule has 152 valence electrons. The van der Waals surface area contributed by atoms with E-state index in [1.807, 2.05) is 4.90 Å². The van der Waals surface area contributed by atoms with Crippen LogP contribution in [0.25, 0.3) is 0 Å². The Morgan fingerprint density at radius 3 is 2.67 bits per heavy atom. The van der Waals surface area contributed by atoms with Gasteiger partial charge in [0.2, 0.25) is 0 Å². The number of carbonyl (C=O) groups excluding carboxylic acids is 2. The van der Waals surface area contributed by atoms with Gasteiger partial charge in [0.15, 0.2) is 17.2 Å². The Morgan fingerprint density at radius 2 is 1.90 bits per heavy atom. The van der Waals surface area contributed by atoms with E-state index in [1.54, 1.807) is 55.6 Å². The van der Waals surface area contributed by atoms with Crippen LogP contribution in [0.2, 0.25) is 0 Å². The van der Waals surface area contributed by atoms with Crippen molar-refractivity contribution in [2.24, 2.45) is 0 Å². The average molecular weight is 402 g/mol. The molecule has 2 aromatic rings. The number of aliphatic hydroxyl groups is 1. The van der Waals surface area contributed by atoms with Crippen molar-refractivity contribution >= 4 is 11.6 Å². The summed E-state index contributed by atoms with van der Waals surface area (Å²) in [6, 6.07) is 13.8. The SMILES string of the molecule is COc1ccc(C(=O)C2=C3NCCCCN3C3=CC(=O)c4ccccc4C32O)cc1. The standard InChI is InChI=1S/C24H22N2O4/c1-30-16-10-8-15(9-11-16)22(28)21-23-25-12-4-5-13-26(23)20-14-19(27)17-6-2-3-7-18(17)24(20,21)29/h2-3,6-11,14,25,29H,4-5,12-13H2,1H3. The first-order valence-electron chi connectivity index (χ1n) is 10.1. The summed E-state index contributed by atoms with van der Waals surface area (Å²) in [4.78, 5) is 28.4. The quantitative estimate of drug-likeness (QED) is 0.769. The maximum Gasteiger partial charge on any atom is 0.196 e. The number of fused-ring (bicyclic) bond motifs is 5. The molecule has 30 heavy (non-hydrogen) atoms. The molecule has 1 unspecified atom stereocenters. The Morgan fingerprint density at radius 1 is 1.13 bits per heavy atom. The van der Waals surface area contributed by atoms with Crippen LogP contribution < -0.4 is 10.1 Å². The minimum absolute atomic E-state index is 0.160. The molecule has 1 saturated heterocycles. The second-order valence-electron chi connectivity index (χ2n) is 7.72. The number of Topliss-reactive ketones (excluding diaryl/α,β-unsaturated/α-hetero) is 1. The number of rotatable bonds is 3. The molecular formula is C24H22N2O4. The molecule has 6 nitrogen and oxygen atoms in total. The summed E-state index contributed by atoms with van der Waals surface area (Å²) in [6.45, 7) is 1.33. The summed E-state index contributed by atoms with van der Waals surface area (Å²) in [6.07, 6.45) is 3.31. The van der Waals surface area contributed by atoms with Crippen molar-refractivity contribution < 1.29 is 19.4 Å². The van der Waals surface area contributed by atoms with Crippen LogP contribution in [0.3, 0.4) is 0 Å². The van der Waals surface area contributed by atoms with Gasteiger partial charge in [0, 0.05) is 35.9 Å². The van der Waals surface area contributed by atoms with Gasteiger partial charge in [0.25, 0.3) is 0 Å². The fourth-order valence-electron chi connectivity index (χ4n) is 4.60. The van der Waals surface area contributed by atoms with Crippen molar-refractivity contribution in [1.29, 1.82) is 0 Å². The molecule has 5 rings (SSSR count). The molecule has 0 amide bonds. The number of ketones is 2. The predicted octanol–water partition coefficient (Wildman–Crippen LogP) is 2.76. The van der Waals surface area contributed by atoms with Crippen molar-refractivity contribution in [3.63, 3.8) is 0 Å². The van der Waals surface area contributed by atoms with Gasteiger partial charge in [-0.1, -0.05) is 24.3 Å². The first kappa shape index (κ1) is 18.6. The number of hydrogen-bond acceptors (Lipinski definition) is 6. The summed E-state index contributed by atoms with van der Waals surface area (Å²) >= 11 is 0. The summed E-state index contributed by atoms with van der Waals surface area (Å²) in [5.74, 6) is 0.804. The number of benzene rings is 2. The van der Waals surface area contributed by atoms with E-state index >= 15 is 0 Å². The van der Waals surface area contributed by atoms with Crippen molar-refractivity contribution in [1.82, 2.24) is 10.2 Å². The summed E-state index contributed by atoms with van der Waals surface area (Å²) < 4.78 is 5.20. The number of allylic oxidation sites excluding steroid dienone is 1. The number of ether oxygens (including phenoxy) is 1. The van der Waals surface area contributed by atoms with Crippen LogP contribution in [0.5, 0.6) is 5.75 Å². The van der Waals surface area contributed by atoms with Crippen LogP contribution in [-0.4, -0.2) is 41.8 Å². The van der Waals surface area contributed by atoms with E-state index in [1.165, 1.54) is 6.08 Å². The van der Waals surface area contributed by atoms with E-state index in [-0.39, 0.29) is 17.1 Å². The smallest absolute Gasteiger partial charge is 0.196 e. The van der Waals surface area contributed by atoms with Gasteiger partial charge in [-0.25, -0.2) is 0 Å². The Labute approximate surface area is 174 Å². The van der Waals surface area contributed by atoms with E-state index in [9.17, 15) is 14.7 Å². The Hall–Kier alpha value is -3.38. The Balaban J connectivity index is 1.73. The lowest BCUT2D eigenvalue weighted by Gasteiger charge is -2.34. The molecule has 0 saturated carbocycles. The van der Waals surface area contributed by atoms with Gasteiger partial charge in [-0.05, 0) is 37.1 Å². The summed E-state index contributed by atoms with van der Waals surface area (Å²) in [7, 11) is 1.57. The predicted molar refractivity (Wildman–Crippen MR) is 111 cm³/mol. The summed E-state index contributed by atoms with van der Waals surface area (Å²) in [5, 5.41) is 15.4. The van der Waals surface area contributed by atoms with Crippen molar-refractivity contribution in [3.05, 3.63) is 88.4 Å². The largest absolute Gasteiger partial charge is 0.497 e. The lowest BCUT2D eigenvalue weighted by atomic mass is 9.75. The normalized spacial score (nSPS) is 22.4. The lowest BCUT2D eigenvalue weighted by Crippen LogP contribution is -2.38. The molecule has 0 aromatic heterocycles. The Bertz CT molecular complexity index is 1120. The highest BCUT2D eigenvalue weighted by Gasteiger charge is 2.55. The van der Waals surface area contributed by atoms with Crippen LogP contribution >= 0.6 is 0 Å². The van der Waals surface area contributed by atoms with E-state index in [0.29, 0.717) is 47.0 Å². The number of nitrogens with one attached hydrogen (secondary N) is 1. The van der Waals surface area contributed by atoms with Gasteiger partial charge >= 0.3 is 0 Å². The maximum absolute atomic E-state index is 13.7. The second kappa shape index (κ2) is 6.85. The van der Waals surface area contributed by atoms with Crippen molar-refractivity contribution in [2.75, 3.05) is 20.2 Å². The zero-order valence-electron chi connectivity index (χ0n) is 16.6. The first-order valence-corrected chi connectivity index (χ1v) is 10.1. The molecule has 1 atom stereocenters. The average Bonchev–Trinajstić information content (AvgIpc) is 2.91. The molecule has 1 fully saturated rings. The lowest BCUT2D eigenvalue weighted by molar-refractivity contribution is 0.0780. The van der Waals surface area contributed by atoms with Crippen LogP contribution in [0.1, 0.15) is 39.1 Å². The van der Waals surface area contributed by atoms with E-state index < -0.39 is 5.60 Å². The minimum Gasteiger partial charge on any atom is -0.497 e. The molecule has 3 aliphatic rings. The zero-order valence-corrected chi connectivity index (χ0v) is 16.6. The van der Waals surface area contributed by atoms with Crippen molar-refractivity contribution in [3.8, 4) is 5.75 Å². The van der Waals surface area contributed by atoms with E-state index in [2.05, 4.69) is 5.32 Å². The third kappa shape index (κ3) is 2.53. The van der Waals surface area contributed by atoms with Crippen LogP contribution in [-0.2, 0) is 5.60 Å². The molecule has 1 aliphatic carbocycles. The van der Waals surface area contributed by atoms with Gasteiger partial charge in [-0.2, -0.15) is 0 Å². The molecule has 2 heterocycles. The minimum atomic E-state index is -1.68. The number of hydrogen-bond donors (Lipinski definition) is 2. The molecule has 6 heteroatoms. The molecule has 2 aliphatic heterocycles. The number of carbonyl (C=O) groups is 2. The first-order chi connectivity index (χ1) is 14.6. The molecule has 0 radical (unpaired) electrons. The molecule has 2 aromatic carbocycles. The van der Waals surface area contributed by atoms with E-state index in [4.69, 9.17) is 4.74 Å². The third-order valence-corrected chi connectivity index (χ3v) is 6.06. The number of nitrogens with zero attached hydrogens (tertiary/aromatic N) is 1. The second-order valence-corrected chi connectivity index (χ2v) is 7.72.